The number of amides is 2. The molecule has 0 radical (unpaired) electrons. The fourth-order valence-corrected chi connectivity index (χ4v) is 3.16. The van der Waals surface area contributed by atoms with E-state index >= 15 is 0 Å². The first-order valence-electron chi connectivity index (χ1n) is 9.31. The van der Waals surface area contributed by atoms with Crippen LogP contribution in [0.3, 0.4) is 0 Å². The molecule has 0 aliphatic carbocycles. The van der Waals surface area contributed by atoms with Crippen molar-refractivity contribution in [3.05, 3.63) is 35.6 Å². The molecule has 6 heteroatoms. The van der Waals surface area contributed by atoms with E-state index in [1.807, 2.05) is 11.8 Å². The molecule has 1 aliphatic heterocycles. The van der Waals surface area contributed by atoms with Gasteiger partial charge in [-0.25, -0.2) is 4.39 Å². The van der Waals surface area contributed by atoms with Gasteiger partial charge in [0.25, 0.3) is 0 Å². The van der Waals surface area contributed by atoms with Gasteiger partial charge in [-0.15, -0.1) is 0 Å². The zero-order valence-corrected chi connectivity index (χ0v) is 15.9. The first kappa shape index (κ1) is 20.4. The van der Waals surface area contributed by atoms with Crippen LogP contribution in [-0.2, 0) is 20.9 Å². The van der Waals surface area contributed by atoms with Gasteiger partial charge in [0.05, 0.1) is 6.04 Å². The van der Waals surface area contributed by atoms with E-state index < -0.39 is 0 Å². The minimum atomic E-state index is -0.291. The van der Waals surface area contributed by atoms with Gasteiger partial charge in [0.15, 0.2) is 0 Å². The molecular formula is C20H29FN2O3. The van der Waals surface area contributed by atoms with Gasteiger partial charge in [-0.1, -0.05) is 32.9 Å². The number of halogens is 1. The van der Waals surface area contributed by atoms with E-state index in [2.05, 4.69) is 13.8 Å². The summed E-state index contributed by atoms with van der Waals surface area (Å²) in [5, 5.41) is 0. The lowest BCUT2D eigenvalue weighted by Crippen LogP contribution is -2.47. The molecular weight excluding hydrogens is 335 g/mol. The average molecular weight is 364 g/mol. The summed E-state index contributed by atoms with van der Waals surface area (Å²) in [6, 6.07) is 6.13. The summed E-state index contributed by atoms with van der Waals surface area (Å²) < 4.78 is 18.5. The van der Waals surface area contributed by atoms with Crippen molar-refractivity contribution >= 4 is 11.8 Å². The van der Waals surface area contributed by atoms with Crippen LogP contribution in [-0.4, -0.2) is 54.0 Å². The summed E-state index contributed by atoms with van der Waals surface area (Å²) in [7, 11) is 0. The van der Waals surface area contributed by atoms with Crippen LogP contribution in [0.1, 0.15) is 39.2 Å². The molecule has 0 spiro atoms. The number of hydrogen-bond acceptors (Lipinski definition) is 3. The van der Waals surface area contributed by atoms with Gasteiger partial charge in [-0.3, -0.25) is 9.59 Å². The minimum absolute atomic E-state index is 0.0257. The first-order chi connectivity index (χ1) is 12.4. The molecule has 2 amide bonds. The Balaban J connectivity index is 2.11. The first-order valence-corrected chi connectivity index (χ1v) is 9.31. The largest absolute Gasteiger partial charge is 0.372 e. The van der Waals surface area contributed by atoms with Gasteiger partial charge in [-0.2, -0.15) is 0 Å². The second-order valence-corrected chi connectivity index (χ2v) is 7.10. The number of ether oxygens (including phenoxy) is 1. The zero-order chi connectivity index (χ0) is 19.1. The highest BCUT2D eigenvalue weighted by atomic mass is 19.1. The van der Waals surface area contributed by atoms with Crippen LogP contribution in [0.5, 0.6) is 0 Å². The van der Waals surface area contributed by atoms with E-state index in [1.165, 1.54) is 12.1 Å². The van der Waals surface area contributed by atoms with Crippen LogP contribution >= 0.6 is 0 Å². The Morgan fingerprint density at radius 3 is 2.62 bits per heavy atom. The Labute approximate surface area is 155 Å². The molecule has 1 fully saturated rings. The zero-order valence-electron chi connectivity index (χ0n) is 15.9. The van der Waals surface area contributed by atoms with Crippen molar-refractivity contribution in [2.24, 2.45) is 5.92 Å². The molecule has 0 bridgehead atoms. The highest BCUT2D eigenvalue weighted by Crippen LogP contribution is 2.21. The summed E-state index contributed by atoms with van der Waals surface area (Å²) in [4.78, 5) is 28.7. The van der Waals surface area contributed by atoms with E-state index in [0.29, 0.717) is 32.7 Å². The van der Waals surface area contributed by atoms with Crippen molar-refractivity contribution in [2.75, 3.05) is 26.3 Å². The molecule has 0 aromatic heterocycles. The molecule has 5 nitrogen and oxygen atoms in total. The Morgan fingerprint density at radius 2 is 2.00 bits per heavy atom. The molecule has 1 aromatic rings. The van der Waals surface area contributed by atoms with Crippen molar-refractivity contribution in [2.45, 2.75) is 46.2 Å². The third-order valence-electron chi connectivity index (χ3n) is 4.69. The van der Waals surface area contributed by atoms with E-state index in [0.717, 1.165) is 12.0 Å². The summed E-state index contributed by atoms with van der Waals surface area (Å²) >= 11 is 0. The van der Waals surface area contributed by atoms with Gasteiger partial charge in [0.1, 0.15) is 12.4 Å². The fourth-order valence-electron chi connectivity index (χ4n) is 3.16. The number of carbonyl (C=O) groups excluding carboxylic acids is 2. The van der Waals surface area contributed by atoms with Gasteiger partial charge >= 0.3 is 0 Å². The third-order valence-corrected chi connectivity index (χ3v) is 4.69. The second kappa shape index (κ2) is 9.67. The third kappa shape index (κ3) is 5.53. The van der Waals surface area contributed by atoms with E-state index in [1.54, 1.807) is 17.0 Å². The lowest BCUT2D eigenvalue weighted by atomic mass is 10.0. The Bertz CT molecular complexity index is 604. The highest BCUT2D eigenvalue weighted by Gasteiger charge is 2.33. The quantitative estimate of drug-likeness (QED) is 0.699. The average Bonchev–Trinajstić information content (AvgIpc) is 2.77. The fraction of sp³-hybridized carbons (Fsp3) is 0.600. The predicted molar refractivity (Wildman–Crippen MR) is 97.9 cm³/mol. The van der Waals surface area contributed by atoms with E-state index in [4.69, 9.17) is 4.74 Å². The van der Waals surface area contributed by atoms with Gasteiger partial charge in [0, 0.05) is 32.7 Å². The maximum absolute atomic E-state index is 13.1. The van der Waals surface area contributed by atoms with Crippen molar-refractivity contribution in [3.8, 4) is 0 Å². The highest BCUT2D eigenvalue weighted by molar-refractivity contribution is 5.81. The standard InChI is InChI=1S/C20H29FN2O3/c1-4-11-26-14-20(25)22-10-9-19(24)23(18(13-22)15(2)3)12-16-5-7-17(21)8-6-16/h5-8,15,18H,4,9-14H2,1-3H3/t18-/m1/s1. The van der Waals surface area contributed by atoms with Crippen LogP contribution in [0.15, 0.2) is 24.3 Å². The number of benzene rings is 1. The second-order valence-electron chi connectivity index (χ2n) is 7.10. The molecule has 0 N–H and O–H groups in total. The summed E-state index contributed by atoms with van der Waals surface area (Å²) in [5.41, 5.74) is 0.886. The van der Waals surface area contributed by atoms with Gasteiger partial charge in [0.2, 0.25) is 11.8 Å². The summed E-state index contributed by atoms with van der Waals surface area (Å²) in [5.74, 6) is -0.136. The lowest BCUT2D eigenvalue weighted by molar-refractivity contribution is -0.137. The van der Waals surface area contributed by atoms with Crippen molar-refractivity contribution < 1.29 is 18.7 Å². The summed E-state index contributed by atoms with van der Waals surface area (Å²) in [6.45, 7) is 8.06. The molecule has 26 heavy (non-hydrogen) atoms. The molecule has 1 saturated heterocycles. The van der Waals surface area contributed by atoms with Crippen LogP contribution in [0, 0.1) is 11.7 Å². The molecule has 0 unspecified atom stereocenters. The number of nitrogens with zero attached hydrogens (tertiary/aromatic N) is 2. The molecule has 1 heterocycles. The molecule has 0 saturated carbocycles. The van der Waals surface area contributed by atoms with Crippen LogP contribution in [0.4, 0.5) is 4.39 Å². The van der Waals surface area contributed by atoms with Crippen LogP contribution in [0.2, 0.25) is 0 Å². The summed E-state index contributed by atoms with van der Waals surface area (Å²) in [6.07, 6.45) is 1.16. The lowest BCUT2D eigenvalue weighted by Gasteiger charge is -2.34. The molecule has 144 valence electrons. The monoisotopic (exact) mass is 364 g/mol. The predicted octanol–water partition coefficient (Wildman–Crippen LogP) is 2.84. The van der Waals surface area contributed by atoms with Crippen LogP contribution < -0.4 is 0 Å². The van der Waals surface area contributed by atoms with Crippen LogP contribution in [0.25, 0.3) is 0 Å². The van der Waals surface area contributed by atoms with E-state index in [9.17, 15) is 14.0 Å². The van der Waals surface area contributed by atoms with Gasteiger partial charge in [-0.05, 0) is 30.0 Å². The Morgan fingerprint density at radius 1 is 1.31 bits per heavy atom. The normalized spacial score (nSPS) is 18.3. The van der Waals surface area contributed by atoms with Gasteiger partial charge < -0.3 is 14.5 Å². The molecule has 1 aromatic carbocycles. The minimum Gasteiger partial charge on any atom is -0.372 e. The van der Waals surface area contributed by atoms with Crippen molar-refractivity contribution in [3.63, 3.8) is 0 Å². The number of hydrogen-bond donors (Lipinski definition) is 0. The maximum atomic E-state index is 13.1. The molecule has 2 rings (SSSR count). The SMILES string of the molecule is CCCOCC(=O)N1CCC(=O)N(Cc2ccc(F)cc2)[C@@H](C(C)C)C1. The van der Waals surface area contributed by atoms with Crippen molar-refractivity contribution in [1.29, 1.82) is 0 Å². The number of carbonyl (C=O) groups is 2. The molecule has 1 aliphatic rings. The smallest absolute Gasteiger partial charge is 0.248 e. The van der Waals surface area contributed by atoms with Crippen molar-refractivity contribution in [1.82, 2.24) is 9.80 Å². The Hall–Kier alpha value is -1.95. The number of rotatable bonds is 7. The molecule has 1 atom stereocenters. The Kier molecular flexibility index (Phi) is 7.57. The van der Waals surface area contributed by atoms with E-state index in [-0.39, 0.29) is 36.2 Å². The topological polar surface area (TPSA) is 49.9 Å². The maximum Gasteiger partial charge on any atom is 0.248 e.